The molecule has 0 atom stereocenters. The summed E-state index contributed by atoms with van der Waals surface area (Å²) in [6, 6.07) is 0. The summed E-state index contributed by atoms with van der Waals surface area (Å²) in [6.45, 7) is 2.53. The molecule has 1 amide bonds. The fourth-order valence-electron chi connectivity index (χ4n) is 1.71. The third kappa shape index (κ3) is 4.87. The highest BCUT2D eigenvalue weighted by Crippen LogP contribution is 2.17. The number of amides is 1. The van der Waals surface area contributed by atoms with E-state index < -0.39 is 0 Å². The van der Waals surface area contributed by atoms with Crippen molar-refractivity contribution in [3.8, 4) is 0 Å². The van der Waals surface area contributed by atoms with Crippen LogP contribution in [0.25, 0.3) is 0 Å². The lowest BCUT2D eigenvalue weighted by molar-refractivity contribution is -0.116. The first kappa shape index (κ1) is 13.8. The van der Waals surface area contributed by atoms with Gasteiger partial charge in [-0.25, -0.2) is 4.98 Å². The van der Waals surface area contributed by atoms with E-state index in [2.05, 4.69) is 22.5 Å². The molecule has 0 unspecified atom stereocenters. The number of nitrogens with zero attached hydrogens (tertiary/aromatic N) is 1. The van der Waals surface area contributed by atoms with E-state index in [1.807, 2.05) is 13.0 Å². The van der Waals surface area contributed by atoms with Crippen molar-refractivity contribution in [2.24, 2.45) is 0 Å². The average molecular weight is 278 g/mol. The second kappa shape index (κ2) is 7.09. The Bertz CT molecular complexity index is 491. The Hall–Kier alpha value is -1.62. The molecule has 5 heteroatoms. The number of anilines is 1. The van der Waals surface area contributed by atoms with E-state index >= 15 is 0 Å². The largest absolute Gasteiger partial charge is 0.494 e. The van der Waals surface area contributed by atoms with Crippen LogP contribution in [-0.4, -0.2) is 17.5 Å². The third-order valence-electron chi connectivity index (χ3n) is 2.65. The van der Waals surface area contributed by atoms with Gasteiger partial charge in [0.05, 0.1) is 6.61 Å². The molecule has 4 nitrogen and oxygen atoms in total. The molecule has 0 fully saturated rings. The van der Waals surface area contributed by atoms with Gasteiger partial charge in [-0.3, -0.25) is 4.79 Å². The second-order valence-electron chi connectivity index (χ2n) is 4.36. The predicted molar refractivity (Wildman–Crippen MR) is 77.1 cm³/mol. The molecule has 0 aliphatic heterocycles. The summed E-state index contributed by atoms with van der Waals surface area (Å²) in [7, 11) is 0. The Kier molecular flexibility index (Phi) is 5.15. The van der Waals surface area contributed by atoms with Crippen molar-refractivity contribution in [3.63, 3.8) is 0 Å². The van der Waals surface area contributed by atoms with E-state index in [0.29, 0.717) is 24.6 Å². The summed E-state index contributed by atoms with van der Waals surface area (Å²) in [4.78, 5) is 16.8. The van der Waals surface area contributed by atoms with Gasteiger partial charge in [0.25, 0.3) is 0 Å². The highest BCUT2D eigenvalue weighted by molar-refractivity contribution is 7.15. The zero-order valence-electron chi connectivity index (χ0n) is 11.0. The molecule has 0 saturated heterocycles. The SMILES string of the molecule is Cc1cnc(NC(=O)CCCOC2=CCCC=C2)s1. The number of hydrogen-bond donors (Lipinski definition) is 1. The van der Waals surface area contributed by atoms with Crippen LogP contribution in [0, 0.1) is 6.92 Å². The van der Waals surface area contributed by atoms with Gasteiger partial charge in [-0.15, -0.1) is 11.3 Å². The van der Waals surface area contributed by atoms with Crippen molar-refractivity contribution >= 4 is 22.4 Å². The first-order valence-electron chi connectivity index (χ1n) is 6.46. The zero-order chi connectivity index (χ0) is 13.5. The monoisotopic (exact) mass is 278 g/mol. The van der Waals surface area contributed by atoms with Crippen LogP contribution in [0.15, 0.2) is 30.2 Å². The predicted octanol–water partition coefficient (Wildman–Crippen LogP) is 3.42. The highest BCUT2D eigenvalue weighted by Gasteiger charge is 2.05. The number of hydrogen-bond acceptors (Lipinski definition) is 4. The van der Waals surface area contributed by atoms with Gasteiger partial charge in [0.2, 0.25) is 5.91 Å². The van der Waals surface area contributed by atoms with Crippen LogP contribution in [0.5, 0.6) is 0 Å². The molecule has 1 aliphatic rings. The molecule has 1 aromatic heterocycles. The van der Waals surface area contributed by atoms with Gasteiger partial charge >= 0.3 is 0 Å². The molecule has 102 valence electrons. The Morgan fingerprint density at radius 2 is 2.42 bits per heavy atom. The molecular weight excluding hydrogens is 260 g/mol. The number of rotatable bonds is 6. The van der Waals surface area contributed by atoms with E-state index in [4.69, 9.17) is 4.74 Å². The average Bonchev–Trinajstić information content (AvgIpc) is 2.81. The van der Waals surface area contributed by atoms with Crippen molar-refractivity contribution in [2.75, 3.05) is 11.9 Å². The number of aryl methyl sites for hydroxylation is 1. The maximum atomic E-state index is 11.6. The van der Waals surface area contributed by atoms with Crippen LogP contribution in [0.2, 0.25) is 0 Å². The normalized spacial score (nSPS) is 14.1. The lowest BCUT2D eigenvalue weighted by Gasteiger charge is -2.09. The molecule has 1 N–H and O–H groups in total. The van der Waals surface area contributed by atoms with Gasteiger partial charge in [0.15, 0.2) is 5.13 Å². The van der Waals surface area contributed by atoms with Gasteiger partial charge in [-0.05, 0) is 38.3 Å². The fraction of sp³-hybridized carbons (Fsp3) is 0.429. The van der Waals surface area contributed by atoms with Crippen molar-refractivity contribution < 1.29 is 9.53 Å². The van der Waals surface area contributed by atoms with Crippen molar-refractivity contribution in [2.45, 2.75) is 32.6 Å². The highest BCUT2D eigenvalue weighted by atomic mass is 32.1. The Balaban J connectivity index is 1.61. The Morgan fingerprint density at radius 1 is 1.53 bits per heavy atom. The van der Waals surface area contributed by atoms with Crippen LogP contribution in [0.3, 0.4) is 0 Å². The molecule has 1 aromatic rings. The standard InChI is InChI=1S/C14H18N2O2S/c1-11-10-15-14(19-11)16-13(17)8-5-9-18-12-6-3-2-4-7-12/h3,6-7,10H,2,4-5,8-9H2,1H3,(H,15,16,17). The summed E-state index contributed by atoms with van der Waals surface area (Å²) < 4.78 is 5.57. The minimum absolute atomic E-state index is 0.00823. The third-order valence-corrected chi connectivity index (χ3v) is 3.47. The fourth-order valence-corrected chi connectivity index (χ4v) is 2.39. The van der Waals surface area contributed by atoms with Crippen molar-refractivity contribution in [1.82, 2.24) is 4.98 Å². The molecular formula is C14H18N2O2S. The van der Waals surface area contributed by atoms with Gasteiger partial charge in [0, 0.05) is 17.5 Å². The smallest absolute Gasteiger partial charge is 0.226 e. The van der Waals surface area contributed by atoms with Gasteiger partial charge < -0.3 is 10.1 Å². The van der Waals surface area contributed by atoms with E-state index in [-0.39, 0.29) is 5.91 Å². The quantitative estimate of drug-likeness (QED) is 0.811. The summed E-state index contributed by atoms with van der Waals surface area (Å²) >= 11 is 1.49. The molecule has 19 heavy (non-hydrogen) atoms. The lowest BCUT2D eigenvalue weighted by Crippen LogP contribution is -2.12. The summed E-state index contributed by atoms with van der Waals surface area (Å²) in [5.41, 5.74) is 0. The molecule has 0 spiro atoms. The van der Waals surface area contributed by atoms with Crippen LogP contribution in [-0.2, 0) is 9.53 Å². The molecule has 0 saturated carbocycles. The minimum Gasteiger partial charge on any atom is -0.494 e. The Morgan fingerprint density at radius 3 is 3.11 bits per heavy atom. The van der Waals surface area contributed by atoms with Crippen molar-refractivity contribution in [1.29, 1.82) is 0 Å². The first-order valence-corrected chi connectivity index (χ1v) is 7.27. The topological polar surface area (TPSA) is 51.2 Å². The lowest BCUT2D eigenvalue weighted by atomic mass is 10.2. The molecule has 0 aromatic carbocycles. The van der Waals surface area contributed by atoms with Crippen LogP contribution in [0.1, 0.15) is 30.6 Å². The number of aromatic nitrogens is 1. The number of ether oxygens (including phenoxy) is 1. The summed E-state index contributed by atoms with van der Waals surface area (Å²) in [5, 5.41) is 3.45. The second-order valence-corrected chi connectivity index (χ2v) is 5.60. The molecule has 2 rings (SSSR count). The summed E-state index contributed by atoms with van der Waals surface area (Å²) in [6.07, 6.45) is 11.2. The molecule has 0 radical (unpaired) electrons. The zero-order valence-corrected chi connectivity index (χ0v) is 11.8. The van der Waals surface area contributed by atoms with Crippen LogP contribution in [0.4, 0.5) is 5.13 Å². The van der Waals surface area contributed by atoms with Gasteiger partial charge in [-0.2, -0.15) is 0 Å². The molecule has 1 aliphatic carbocycles. The Labute approximate surface area is 117 Å². The molecule has 1 heterocycles. The summed E-state index contributed by atoms with van der Waals surface area (Å²) in [5.74, 6) is 0.910. The number of thiazole rings is 1. The molecule has 0 bridgehead atoms. The maximum absolute atomic E-state index is 11.6. The number of allylic oxidation sites excluding steroid dienone is 3. The van der Waals surface area contributed by atoms with Crippen LogP contribution < -0.4 is 5.32 Å². The van der Waals surface area contributed by atoms with Gasteiger partial charge in [-0.1, -0.05) is 6.08 Å². The van der Waals surface area contributed by atoms with Crippen molar-refractivity contribution in [3.05, 3.63) is 35.1 Å². The van der Waals surface area contributed by atoms with E-state index in [1.165, 1.54) is 11.3 Å². The van der Waals surface area contributed by atoms with E-state index in [0.717, 1.165) is 23.5 Å². The minimum atomic E-state index is -0.00823. The number of nitrogens with one attached hydrogen (secondary N) is 1. The van der Waals surface area contributed by atoms with E-state index in [1.54, 1.807) is 6.20 Å². The number of carbonyl (C=O) groups is 1. The van der Waals surface area contributed by atoms with Crippen LogP contribution >= 0.6 is 11.3 Å². The number of carbonyl (C=O) groups excluding carboxylic acids is 1. The van der Waals surface area contributed by atoms with Gasteiger partial charge in [0.1, 0.15) is 5.76 Å². The maximum Gasteiger partial charge on any atom is 0.226 e. The van der Waals surface area contributed by atoms with E-state index in [9.17, 15) is 4.79 Å². The first-order chi connectivity index (χ1) is 9.24.